The van der Waals surface area contributed by atoms with E-state index in [1.54, 1.807) is 0 Å². The fraction of sp³-hybridized carbons (Fsp3) is 1.00. The number of unbranched alkanes of at least 4 members (excludes halogenated alkanes) is 3. The summed E-state index contributed by atoms with van der Waals surface area (Å²) in [5.41, 5.74) is 0.0863. The molecule has 1 aliphatic rings. The van der Waals surface area contributed by atoms with Crippen LogP contribution in [0.3, 0.4) is 0 Å². The number of aliphatic hydroxyl groups is 1. The van der Waals surface area contributed by atoms with Crippen LogP contribution in [-0.2, 0) is 4.74 Å². The molecule has 0 amide bonds. The molecule has 0 aromatic carbocycles. The maximum atomic E-state index is 9.49. The molecule has 1 saturated heterocycles. The predicted molar refractivity (Wildman–Crippen MR) is 66.6 cm³/mol. The highest BCUT2D eigenvalue weighted by atomic mass is 16.5. The zero-order valence-electron chi connectivity index (χ0n) is 10.6. The minimum atomic E-state index is 0.0863. The van der Waals surface area contributed by atoms with Crippen molar-refractivity contribution < 1.29 is 9.84 Å². The highest BCUT2D eigenvalue weighted by molar-refractivity contribution is 4.83. The lowest BCUT2D eigenvalue weighted by Gasteiger charge is -2.35. The van der Waals surface area contributed by atoms with Gasteiger partial charge in [-0.15, -0.1) is 0 Å². The summed E-state index contributed by atoms with van der Waals surface area (Å²) >= 11 is 0. The average molecular weight is 229 g/mol. The van der Waals surface area contributed by atoms with E-state index in [-0.39, 0.29) is 5.41 Å². The predicted octanol–water partition coefficient (Wildman–Crippen LogP) is 1.95. The van der Waals surface area contributed by atoms with Crippen LogP contribution in [0, 0.1) is 5.41 Å². The van der Waals surface area contributed by atoms with Gasteiger partial charge in [-0.05, 0) is 25.8 Å². The van der Waals surface area contributed by atoms with Gasteiger partial charge in [0.05, 0.1) is 6.61 Å². The van der Waals surface area contributed by atoms with E-state index in [2.05, 4.69) is 12.2 Å². The van der Waals surface area contributed by atoms with Gasteiger partial charge in [-0.25, -0.2) is 0 Å². The summed E-state index contributed by atoms with van der Waals surface area (Å²) in [4.78, 5) is 0. The third-order valence-corrected chi connectivity index (χ3v) is 3.60. The van der Waals surface area contributed by atoms with Crippen molar-refractivity contribution in [3.8, 4) is 0 Å². The van der Waals surface area contributed by atoms with Gasteiger partial charge in [-0.2, -0.15) is 0 Å². The van der Waals surface area contributed by atoms with Gasteiger partial charge in [0.15, 0.2) is 0 Å². The number of aliphatic hydroxyl groups excluding tert-OH is 1. The first-order valence-electron chi connectivity index (χ1n) is 6.72. The standard InChI is InChI=1S/C13H27NO2/c1-2-3-4-5-8-14-11-13(12-15)6-9-16-10-7-13/h14-15H,2-12H2,1H3. The molecule has 2 N–H and O–H groups in total. The van der Waals surface area contributed by atoms with Crippen molar-refractivity contribution in [2.75, 3.05) is 32.9 Å². The van der Waals surface area contributed by atoms with Gasteiger partial charge < -0.3 is 15.2 Å². The Balaban J connectivity index is 2.08. The number of hydrogen-bond acceptors (Lipinski definition) is 3. The topological polar surface area (TPSA) is 41.5 Å². The number of nitrogens with one attached hydrogen (secondary N) is 1. The Morgan fingerprint density at radius 2 is 1.94 bits per heavy atom. The second-order valence-corrected chi connectivity index (χ2v) is 5.01. The largest absolute Gasteiger partial charge is 0.396 e. The summed E-state index contributed by atoms with van der Waals surface area (Å²) in [5, 5.41) is 13.0. The number of ether oxygens (including phenoxy) is 1. The summed E-state index contributed by atoms with van der Waals surface area (Å²) in [5.74, 6) is 0. The fourth-order valence-electron chi connectivity index (χ4n) is 2.23. The van der Waals surface area contributed by atoms with E-state index in [1.165, 1.54) is 25.7 Å². The summed E-state index contributed by atoms with van der Waals surface area (Å²) in [6, 6.07) is 0. The van der Waals surface area contributed by atoms with E-state index in [9.17, 15) is 5.11 Å². The fourth-order valence-corrected chi connectivity index (χ4v) is 2.23. The van der Waals surface area contributed by atoms with Crippen LogP contribution in [0.4, 0.5) is 0 Å². The molecule has 1 rings (SSSR count). The first-order chi connectivity index (χ1) is 7.83. The lowest BCUT2D eigenvalue weighted by molar-refractivity contribution is -0.0152. The normalized spacial score (nSPS) is 19.9. The van der Waals surface area contributed by atoms with Crippen molar-refractivity contribution in [3.05, 3.63) is 0 Å². The highest BCUT2D eigenvalue weighted by Crippen LogP contribution is 2.28. The Hall–Kier alpha value is -0.120. The molecule has 0 atom stereocenters. The number of hydrogen-bond donors (Lipinski definition) is 2. The van der Waals surface area contributed by atoms with Crippen LogP contribution in [0.2, 0.25) is 0 Å². The molecule has 0 aromatic heterocycles. The minimum absolute atomic E-state index is 0.0863. The Labute approximate surface area is 99.6 Å². The van der Waals surface area contributed by atoms with Crippen LogP contribution in [0.25, 0.3) is 0 Å². The lowest BCUT2D eigenvalue weighted by Crippen LogP contribution is -2.42. The Kier molecular flexibility index (Phi) is 7.01. The van der Waals surface area contributed by atoms with Gasteiger partial charge in [0.1, 0.15) is 0 Å². The van der Waals surface area contributed by atoms with E-state index in [1.807, 2.05) is 0 Å². The molecular weight excluding hydrogens is 202 g/mol. The SMILES string of the molecule is CCCCCCNCC1(CO)CCOCC1. The molecule has 1 aliphatic heterocycles. The summed E-state index contributed by atoms with van der Waals surface area (Å²) < 4.78 is 5.35. The molecule has 1 fully saturated rings. The van der Waals surface area contributed by atoms with Gasteiger partial charge in [-0.3, -0.25) is 0 Å². The Morgan fingerprint density at radius 3 is 2.56 bits per heavy atom. The summed E-state index contributed by atoms with van der Waals surface area (Å²) in [7, 11) is 0. The van der Waals surface area contributed by atoms with E-state index in [4.69, 9.17) is 4.74 Å². The van der Waals surface area contributed by atoms with Crippen LogP contribution in [0.1, 0.15) is 45.4 Å². The van der Waals surface area contributed by atoms with Crippen molar-refractivity contribution in [2.24, 2.45) is 5.41 Å². The van der Waals surface area contributed by atoms with Crippen LogP contribution in [0.5, 0.6) is 0 Å². The monoisotopic (exact) mass is 229 g/mol. The summed E-state index contributed by atoms with van der Waals surface area (Å²) in [6.45, 7) is 6.16. The van der Waals surface area contributed by atoms with Crippen molar-refractivity contribution in [2.45, 2.75) is 45.4 Å². The lowest BCUT2D eigenvalue weighted by atomic mass is 9.81. The van der Waals surface area contributed by atoms with Crippen molar-refractivity contribution >= 4 is 0 Å². The van der Waals surface area contributed by atoms with Gasteiger partial charge in [-0.1, -0.05) is 26.2 Å². The maximum absolute atomic E-state index is 9.49. The Bertz CT molecular complexity index is 167. The second-order valence-electron chi connectivity index (χ2n) is 5.01. The highest BCUT2D eigenvalue weighted by Gasteiger charge is 2.31. The average Bonchev–Trinajstić information content (AvgIpc) is 2.35. The molecule has 3 heteroatoms. The molecule has 0 aromatic rings. The molecule has 1 heterocycles. The van der Waals surface area contributed by atoms with Crippen molar-refractivity contribution in [3.63, 3.8) is 0 Å². The third-order valence-electron chi connectivity index (χ3n) is 3.60. The van der Waals surface area contributed by atoms with E-state index in [0.717, 1.165) is 39.1 Å². The molecule has 96 valence electrons. The van der Waals surface area contributed by atoms with Crippen LogP contribution in [-0.4, -0.2) is 38.0 Å². The van der Waals surface area contributed by atoms with Gasteiger partial charge in [0, 0.05) is 25.2 Å². The molecule has 3 nitrogen and oxygen atoms in total. The van der Waals surface area contributed by atoms with Crippen molar-refractivity contribution in [1.82, 2.24) is 5.32 Å². The van der Waals surface area contributed by atoms with Crippen LogP contribution in [0.15, 0.2) is 0 Å². The molecule has 0 aliphatic carbocycles. The first kappa shape index (κ1) is 13.9. The number of rotatable bonds is 8. The zero-order valence-corrected chi connectivity index (χ0v) is 10.6. The molecule has 0 radical (unpaired) electrons. The molecule has 0 spiro atoms. The first-order valence-corrected chi connectivity index (χ1v) is 6.72. The molecule has 16 heavy (non-hydrogen) atoms. The smallest absolute Gasteiger partial charge is 0.0501 e. The third kappa shape index (κ3) is 4.81. The molecular formula is C13H27NO2. The van der Waals surface area contributed by atoms with Gasteiger partial charge >= 0.3 is 0 Å². The summed E-state index contributed by atoms with van der Waals surface area (Å²) in [6.07, 6.45) is 7.18. The van der Waals surface area contributed by atoms with E-state index >= 15 is 0 Å². The minimum Gasteiger partial charge on any atom is -0.396 e. The Morgan fingerprint density at radius 1 is 1.19 bits per heavy atom. The zero-order chi connectivity index (χ0) is 11.7. The van der Waals surface area contributed by atoms with E-state index in [0.29, 0.717) is 6.61 Å². The van der Waals surface area contributed by atoms with Crippen molar-refractivity contribution in [1.29, 1.82) is 0 Å². The van der Waals surface area contributed by atoms with E-state index < -0.39 is 0 Å². The quantitative estimate of drug-likeness (QED) is 0.625. The van der Waals surface area contributed by atoms with Gasteiger partial charge in [0.2, 0.25) is 0 Å². The maximum Gasteiger partial charge on any atom is 0.0501 e. The van der Waals surface area contributed by atoms with Gasteiger partial charge in [0.25, 0.3) is 0 Å². The van der Waals surface area contributed by atoms with Crippen LogP contribution >= 0.6 is 0 Å². The second kappa shape index (κ2) is 8.04. The molecule has 0 saturated carbocycles. The molecule has 0 unspecified atom stereocenters. The molecule has 0 bridgehead atoms. The van der Waals surface area contributed by atoms with Crippen LogP contribution < -0.4 is 5.32 Å².